The van der Waals surface area contributed by atoms with Crippen LogP contribution in [-0.2, 0) is 17.2 Å². The summed E-state index contributed by atoms with van der Waals surface area (Å²) >= 11 is 0. The zero-order valence-corrected chi connectivity index (χ0v) is 22.3. The molecular formula is C24H31F5N4O2S2. The minimum absolute atomic E-state index is 0.0522. The van der Waals surface area contributed by atoms with Crippen molar-refractivity contribution in [3.63, 3.8) is 0 Å². The number of rotatable bonds is 6. The largest absolute Gasteiger partial charge is 0.394 e. The Hall–Kier alpha value is -1.99. The lowest BCUT2D eigenvalue weighted by Crippen LogP contribution is -2.49. The lowest BCUT2D eigenvalue weighted by Gasteiger charge is -2.42. The van der Waals surface area contributed by atoms with Gasteiger partial charge in [0.1, 0.15) is 15.6 Å². The Balaban J connectivity index is 1.36. The average Bonchev–Trinajstić information content (AvgIpc) is 3.03. The summed E-state index contributed by atoms with van der Waals surface area (Å²) in [5.74, 6) is 0.902. The highest BCUT2D eigenvalue weighted by molar-refractivity contribution is 8.45. The van der Waals surface area contributed by atoms with E-state index in [1.165, 1.54) is 0 Å². The van der Waals surface area contributed by atoms with Gasteiger partial charge in [0.15, 0.2) is 0 Å². The van der Waals surface area contributed by atoms with Crippen molar-refractivity contribution in [2.75, 3.05) is 29.9 Å². The predicted molar refractivity (Wildman–Crippen MR) is 136 cm³/mol. The standard InChI is InChI=1S/C24H31F5N4O2S2/c1-23(2)14-19-20(36(23)35)21(32-24(15-34)10-3-11-24)31-22(30-19)33-12-8-17(9-13-33)16-4-6-18(7-5-16)37(25,26,27,28)29/h4-7,17,34H,3,8-15H2,1-2H3,(H,30,31,32)/t36-/m1/s1. The van der Waals surface area contributed by atoms with Gasteiger partial charge in [0, 0.05) is 19.5 Å². The summed E-state index contributed by atoms with van der Waals surface area (Å²) in [4.78, 5) is 10.2. The minimum Gasteiger partial charge on any atom is -0.394 e. The summed E-state index contributed by atoms with van der Waals surface area (Å²) in [6.45, 7) is 4.86. The van der Waals surface area contributed by atoms with Gasteiger partial charge in [-0.05, 0) is 69.6 Å². The third kappa shape index (κ3) is 5.06. The first-order valence-corrected chi connectivity index (χ1v) is 15.4. The van der Waals surface area contributed by atoms with Crippen LogP contribution >= 0.6 is 10.2 Å². The number of hydrogen-bond acceptors (Lipinski definition) is 6. The Morgan fingerprint density at radius 2 is 1.70 bits per heavy atom. The normalized spacial score (nSPS) is 25.1. The van der Waals surface area contributed by atoms with Gasteiger partial charge in [-0.3, -0.25) is 4.21 Å². The fourth-order valence-corrected chi connectivity index (χ4v) is 7.43. The van der Waals surface area contributed by atoms with Crippen molar-refractivity contribution in [1.82, 2.24) is 9.97 Å². The summed E-state index contributed by atoms with van der Waals surface area (Å²) in [5, 5.41) is 13.3. The average molecular weight is 567 g/mol. The van der Waals surface area contributed by atoms with Gasteiger partial charge >= 0.3 is 10.2 Å². The van der Waals surface area contributed by atoms with Gasteiger partial charge < -0.3 is 15.3 Å². The van der Waals surface area contributed by atoms with Crippen LogP contribution in [-0.4, -0.2) is 49.3 Å². The Morgan fingerprint density at radius 3 is 2.22 bits per heavy atom. The molecule has 2 aromatic rings. The van der Waals surface area contributed by atoms with E-state index >= 15 is 0 Å². The van der Waals surface area contributed by atoms with Gasteiger partial charge in [-0.15, -0.1) is 0 Å². The molecule has 2 N–H and O–H groups in total. The molecule has 0 amide bonds. The Labute approximate surface area is 215 Å². The second-order valence-electron chi connectivity index (χ2n) is 11.1. The van der Waals surface area contributed by atoms with Crippen LogP contribution in [0.15, 0.2) is 34.1 Å². The molecule has 1 aromatic carbocycles. The lowest BCUT2D eigenvalue weighted by atomic mass is 9.77. The van der Waals surface area contributed by atoms with Crippen LogP contribution in [0.3, 0.4) is 0 Å². The maximum Gasteiger partial charge on any atom is 0.310 e. The van der Waals surface area contributed by atoms with Crippen LogP contribution in [0.5, 0.6) is 0 Å². The van der Waals surface area contributed by atoms with E-state index in [0.717, 1.165) is 37.1 Å². The van der Waals surface area contributed by atoms with Gasteiger partial charge in [-0.2, -0.15) is 4.98 Å². The SMILES string of the molecule is CC1(C)Cc2nc(N3CCC(c4ccc(S(F)(F)(F)(F)F)cc4)CC3)nc(NC3(CO)CCC3)c2[S@]1=O. The Bertz CT molecular complexity index is 1240. The van der Waals surface area contributed by atoms with Crippen LogP contribution in [0.2, 0.25) is 0 Å². The number of fused-ring (bicyclic) bond motifs is 1. The van der Waals surface area contributed by atoms with E-state index in [2.05, 4.69) is 5.32 Å². The Kier molecular flexibility index (Phi) is 5.76. The molecule has 0 unspecified atom stereocenters. The van der Waals surface area contributed by atoms with Crippen molar-refractivity contribution in [2.45, 2.75) is 78.4 Å². The number of halogens is 5. The van der Waals surface area contributed by atoms with Crippen molar-refractivity contribution in [2.24, 2.45) is 0 Å². The van der Waals surface area contributed by atoms with Crippen molar-refractivity contribution >= 4 is 32.8 Å². The van der Waals surface area contributed by atoms with E-state index in [0.29, 0.717) is 66.7 Å². The highest BCUT2D eigenvalue weighted by Gasteiger charge is 2.65. The molecule has 2 fully saturated rings. The topological polar surface area (TPSA) is 78.3 Å². The summed E-state index contributed by atoms with van der Waals surface area (Å²) in [6, 6.07) is 3.24. The fourth-order valence-electron chi connectivity index (χ4n) is 5.36. The first-order chi connectivity index (χ1) is 17.0. The molecule has 6 nitrogen and oxygen atoms in total. The molecule has 0 spiro atoms. The maximum absolute atomic E-state index is 13.2. The molecule has 13 heteroatoms. The Morgan fingerprint density at radius 1 is 1.08 bits per heavy atom. The molecule has 1 aromatic heterocycles. The zero-order valence-electron chi connectivity index (χ0n) is 20.7. The van der Waals surface area contributed by atoms with Gasteiger partial charge in [0.2, 0.25) is 5.95 Å². The van der Waals surface area contributed by atoms with Gasteiger partial charge in [0.25, 0.3) is 0 Å². The number of hydrogen-bond donors (Lipinski definition) is 2. The number of anilines is 2. The molecule has 1 saturated carbocycles. The van der Waals surface area contributed by atoms with Crippen LogP contribution in [0.25, 0.3) is 0 Å². The first kappa shape index (κ1) is 26.6. The van der Waals surface area contributed by atoms with Gasteiger partial charge in [-0.25, -0.2) is 4.98 Å². The third-order valence-corrected chi connectivity index (χ3v) is 10.9. The number of benzene rings is 1. The van der Waals surface area contributed by atoms with E-state index in [1.54, 1.807) is 0 Å². The quantitative estimate of drug-likeness (QED) is 0.401. The van der Waals surface area contributed by atoms with E-state index in [4.69, 9.17) is 9.97 Å². The van der Waals surface area contributed by atoms with Crippen LogP contribution in [0.4, 0.5) is 31.2 Å². The van der Waals surface area contributed by atoms with E-state index in [1.807, 2.05) is 18.7 Å². The van der Waals surface area contributed by atoms with Crippen LogP contribution in [0.1, 0.15) is 63.1 Å². The molecule has 3 aliphatic rings. The molecule has 0 bridgehead atoms. The molecule has 37 heavy (non-hydrogen) atoms. The summed E-state index contributed by atoms with van der Waals surface area (Å²) in [7, 11) is -11.0. The smallest absolute Gasteiger partial charge is 0.310 e. The molecule has 1 atom stereocenters. The molecule has 1 aliphatic carbocycles. The number of nitrogens with one attached hydrogen (secondary N) is 1. The van der Waals surface area contributed by atoms with Crippen LogP contribution in [0, 0.1) is 0 Å². The highest BCUT2D eigenvalue weighted by Crippen LogP contribution is 3.02. The van der Waals surface area contributed by atoms with Crippen LogP contribution < -0.4 is 10.2 Å². The fraction of sp³-hybridized carbons (Fsp3) is 0.583. The van der Waals surface area contributed by atoms with E-state index in [-0.39, 0.29) is 12.5 Å². The minimum atomic E-state index is -9.69. The number of nitrogens with zero attached hydrogens (tertiary/aromatic N) is 3. The summed E-state index contributed by atoms with van der Waals surface area (Å²) < 4.78 is 78.0. The molecule has 206 valence electrons. The molecule has 2 aliphatic heterocycles. The van der Waals surface area contributed by atoms with E-state index in [9.17, 15) is 28.7 Å². The van der Waals surface area contributed by atoms with E-state index < -0.39 is 36.2 Å². The molecular weight excluding hydrogens is 535 g/mol. The number of aromatic nitrogens is 2. The second kappa shape index (κ2) is 8.01. The monoisotopic (exact) mass is 566 g/mol. The van der Waals surface area contributed by atoms with Crippen molar-refractivity contribution < 1.29 is 28.7 Å². The molecule has 0 radical (unpaired) electrons. The zero-order chi connectivity index (χ0) is 26.9. The predicted octanol–water partition coefficient (Wildman–Crippen LogP) is 6.29. The summed E-state index contributed by atoms with van der Waals surface area (Å²) in [5.41, 5.74) is 0.830. The van der Waals surface area contributed by atoms with Crippen molar-refractivity contribution in [3.8, 4) is 0 Å². The molecule has 5 rings (SSSR count). The number of aliphatic hydroxyl groups excluding tert-OH is 1. The number of aliphatic hydroxyl groups is 1. The molecule has 3 heterocycles. The second-order valence-corrected chi connectivity index (χ2v) is 15.5. The van der Waals surface area contributed by atoms with Gasteiger partial charge in [-0.1, -0.05) is 31.6 Å². The lowest BCUT2D eigenvalue weighted by molar-refractivity contribution is 0.143. The van der Waals surface area contributed by atoms with Crippen molar-refractivity contribution in [1.29, 1.82) is 0 Å². The van der Waals surface area contributed by atoms with Gasteiger partial charge in [0.05, 0.1) is 33.4 Å². The molecule has 1 saturated heterocycles. The maximum atomic E-state index is 13.2. The third-order valence-electron chi connectivity index (χ3n) is 7.78. The summed E-state index contributed by atoms with van der Waals surface area (Å²) in [6.07, 6.45) is 4.28. The highest BCUT2D eigenvalue weighted by atomic mass is 32.5. The number of piperidine rings is 1. The first-order valence-electron chi connectivity index (χ1n) is 12.3. The van der Waals surface area contributed by atoms with Crippen molar-refractivity contribution in [3.05, 3.63) is 35.5 Å².